The van der Waals surface area contributed by atoms with Crippen molar-refractivity contribution in [3.63, 3.8) is 0 Å². The van der Waals surface area contributed by atoms with E-state index in [-0.39, 0.29) is 25.2 Å². The van der Waals surface area contributed by atoms with Crippen LogP contribution in [0.3, 0.4) is 0 Å². The van der Waals surface area contributed by atoms with Crippen molar-refractivity contribution >= 4 is 11.6 Å². The first-order valence-electron chi connectivity index (χ1n) is 7.25. The highest BCUT2D eigenvalue weighted by molar-refractivity contribution is 5.92. The highest BCUT2D eigenvalue weighted by Crippen LogP contribution is 2.09. The Morgan fingerprint density at radius 3 is 2.86 bits per heavy atom. The fraction of sp³-hybridized carbons (Fsp3) is 0.471. The second-order valence-corrected chi connectivity index (χ2v) is 5.51. The van der Waals surface area contributed by atoms with Crippen LogP contribution < -0.4 is 5.32 Å². The zero-order valence-electron chi connectivity index (χ0n) is 13.4. The van der Waals surface area contributed by atoms with Gasteiger partial charge in [-0.25, -0.2) is 0 Å². The van der Waals surface area contributed by atoms with Gasteiger partial charge in [0.1, 0.15) is 0 Å². The Labute approximate surface area is 132 Å². The summed E-state index contributed by atoms with van der Waals surface area (Å²) in [4.78, 5) is 13.7. The minimum atomic E-state index is -0.620. The van der Waals surface area contributed by atoms with Crippen LogP contribution in [-0.2, 0) is 9.53 Å². The number of nitrogens with zero attached hydrogens (tertiary/aromatic N) is 1. The number of carbonyl (C=O) groups is 1. The summed E-state index contributed by atoms with van der Waals surface area (Å²) < 4.78 is 5.33. The van der Waals surface area contributed by atoms with E-state index >= 15 is 0 Å². The highest BCUT2D eigenvalue weighted by Gasteiger charge is 2.12. The first-order valence-corrected chi connectivity index (χ1v) is 7.25. The molecule has 0 bridgehead atoms. The first kappa shape index (κ1) is 18.2. The quantitative estimate of drug-likeness (QED) is 0.711. The summed E-state index contributed by atoms with van der Waals surface area (Å²) in [6.07, 6.45) is 4.78. The van der Waals surface area contributed by atoms with Crippen LogP contribution in [0.2, 0.25) is 0 Å². The Kier molecular flexibility index (Phi) is 7.61. The van der Waals surface area contributed by atoms with Gasteiger partial charge in [0.05, 0.1) is 25.4 Å². The average Bonchev–Trinajstić information content (AvgIpc) is 2.44. The molecule has 0 spiro atoms. The number of amides is 1. The van der Waals surface area contributed by atoms with Crippen molar-refractivity contribution in [2.24, 2.45) is 0 Å². The van der Waals surface area contributed by atoms with Crippen molar-refractivity contribution in [2.45, 2.75) is 26.1 Å². The van der Waals surface area contributed by atoms with E-state index in [2.05, 4.69) is 11.2 Å². The van der Waals surface area contributed by atoms with Gasteiger partial charge < -0.3 is 15.2 Å². The van der Waals surface area contributed by atoms with E-state index in [0.29, 0.717) is 17.8 Å². The minimum absolute atomic E-state index is 0.0756. The molecule has 1 unspecified atom stereocenters. The number of nitrogens with one attached hydrogen (secondary N) is 1. The lowest BCUT2D eigenvalue weighted by Gasteiger charge is -2.20. The van der Waals surface area contributed by atoms with Crippen LogP contribution in [0.1, 0.15) is 19.4 Å². The van der Waals surface area contributed by atoms with Gasteiger partial charge in [-0.05, 0) is 39.1 Å². The summed E-state index contributed by atoms with van der Waals surface area (Å²) in [6.45, 7) is 4.62. The van der Waals surface area contributed by atoms with Crippen LogP contribution >= 0.6 is 0 Å². The summed E-state index contributed by atoms with van der Waals surface area (Å²) in [5.41, 5.74) is 1.38. The molecule has 22 heavy (non-hydrogen) atoms. The molecular weight excluding hydrogens is 280 g/mol. The van der Waals surface area contributed by atoms with Crippen LogP contribution in [0, 0.1) is 12.3 Å². The third kappa shape index (κ3) is 7.23. The number of ether oxygens (including phenoxy) is 1. The molecule has 1 amide bonds. The first-order chi connectivity index (χ1) is 10.4. The Hall–Kier alpha value is -1.87. The molecule has 0 aliphatic rings. The van der Waals surface area contributed by atoms with Crippen molar-refractivity contribution < 1.29 is 14.6 Å². The number of terminal acetylenes is 1. The van der Waals surface area contributed by atoms with Gasteiger partial charge >= 0.3 is 0 Å². The molecule has 0 radical (unpaired) electrons. The summed E-state index contributed by atoms with van der Waals surface area (Å²) >= 11 is 0. The van der Waals surface area contributed by atoms with Gasteiger partial charge in [0.25, 0.3) is 0 Å². The molecular formula is C17H24N2O3. The van der Waals surface area contributed by atoms with Crippen LogP contribution in [0.15, 0.2) is 24.3 Å². The monoisotopic (exact) mass is 304 g/mol. The van der Waals surface area contributed by atoms with Crippen LogP contribution in [0.4, 0.5) is 5.69 Å². The molecule has 5 heteroatoms. The summed E-state index contributed by atoms with van der Waals surface area (Å²) in [6, 6.07) is 7.11. The molecule has 120 valence electrons. The number of rotatable bonds is 8. The molecule has 1 atom stereocenters. The van der Waals surface area contributed by atoms with E-state index in [1.54, 1.807) is 36.2 Å². The van der Waals surface area contributed by atoms with E-state index in [1.807, 2.05) is 13.8 Å². The van der Waals surface area contributed by atoms with Crippen molar-refractivity contribution in [3.8, 4) is 12.3 Å². The van der Waals surface area contributed by atoms with Crippen molar-refractivity contribution in [2.75, 3.05) is 32.1 Å². The molecule has 5 nitrogen and oxygen atoms in total. The maximum Gasteiger partial charge on any atom is 0.238 e. The van der Waals surface area contributed by atoms with E-state index < -0.39 is 6.10 Å². The maximum absolute atomic E-state index is 12.0. The Morgan fingerprint density at radius 2 is 2.23 bits per heavy atom. The number of anilines is 1. The molecule has 0 aliphatic carbocycles. The van der Waals surface area contributed by atoms with Gasteiger partial charge in [-0.15, -0.1) is 6.42 Å². The molecule has 0 fully saturated rings. The molecule has 0 aromatic heterocycles. The van der Waals surface area contributed by atoms with E-state index in [1.165, 1.54) is 0 Å². The van der Waals surface area contributed by atoms with Crippen molar-refractivity contribution in [1.82, 2.24) is 4.90 Å². The van der Waals surface area contributed by atoms with Crippen LogP contribution in [0.5, 0.6) is 0 Å². The third-order valence-electron chi connectivity index (χ3n) is 2.87. The molecule has 1 aromatic carbocycles. The van der Waals surface area contributed by atoms with Gasteiger partial charge in [-0.3, -0.25) is 9.69 Å². The lowest BCUT2D eigenvalue weighted by molar-refractivity contribution is -0.117. The normalized spacial score (nSPS) is 12.2. The lowest BCUT2D eigenvalue weighted by Crippen LogP contribution is -2.37. The summed E-state index contributed by atoms with van der Waals surface area (Å²) in [5.74, 6) is 2.36. The summed E-state index contributed by atoms with van der Waals surface area (Å²) in [7, 11) is 1.77. The van der Waals surface area contributed by atoms with E-state index in [4.69, 9.17) is 11.2 Å². The molecule has 0 saturated carbocycles. The number of hydrogen-bond donors (Lipinski definition) is 2. The number of likely N-dealkylation sites (N-methyl/N-ethyl adjacent to an activating group) is 1. The van der Waals surface area contributed by atoms with Gasteiger partial charge in [0.15, 0.2) is 0 Å². The second kappa shape index (κ2) is 9.21. The minimum Gasteiger partial charge on any atom is -0.389 e. The number of aliphatic hydroxyl groups excluding tert-OH is 1. The van der Waals surface area contributed by atoms with Gasteiger partial charge in [-0.1, -0.05) is 12.0 Å². The molecule has 1 aromatic rings. The zero-order chi connectivity index (χ0) is 16.5. The van der Waals surface area contributed by atoms with Gasteiger partial charge in [-0.2, -0.15) is 0 Å². The predicted octanol–water partition coefficient (Wildman–Crippen LogP) is 1.32. The van der Waals surface area contributed by atoms with Gasteiger partial charge in [0.2, 0.25) is 5.91 Å². The van der Waals surface area contributed by atoms with E-state index in [0.717, 1.165) is 0 Å². The Balaban J connectivity index is 2.39. The van der Waals surface area contributed by atoms with Crippen molar-refractivity contribution in [3.05, 3.63) is 29.8 Å². The molecule has 2 N–H and O–H groups in total. The van der Waals surface area contributed by atoms with Gasteiger partial charge in [0, 0.05) is 17.8 Å². The third-order valence-corrected chi connectivity index (χ3v) is 2.87. The molecule has 1 rings (SSSR count). The molecule has 0 aliphatic heterocycles. The number of benzene rings is 1. The topological polar surface area (TPSA) is 61.8 Å². The smallest absolute Gasteiger partial charge is 0.238 e. The largest absolute Gasteiger partial charge is 0.389 e. The maximum atomic E-state index is 12.0. The standard InChI is InChI=1S/C17H24N2O3/c1-5-14-7-6-8-15(9-14)18-17(21)11-19(4)10-16(20)12-22-13(2)3/h1,6-9,13,16,20H,10-12H2,2-4H3,(H,18,21). The number of hydrogen-bond acceptors (Lipinski definition) is 4. The molecule has 0 saturated heterocycles. The number of carbonyl (C=O) groups excluding carboxylic acids is 1. The Morgan fingerprint density at radius 1 is 1.50 bits per heavy atom. The highest BCUT2D eigenvalue weighted by atomic mass is 16.5. The average molecular weight is 304 g/mol. The zero-order valence-corrected chi connectivity index (χ0v) is 13.4. The van der Waals surface area contributed by atoms with Crippen molar-refractivity contribution in [1.29, 1.82) is 0 Å². The number of aliphatic hydroxyl groups is 1. The SMILES string of the molecule is C#Cc1cccc(NC(=O)CN(C)CC(O)COC(C)C)c1. The van der Waals surface area contributed by atoms with Crippen LogP contribution in [-0.4, -0.2) is 54.9 Å². The summed E-state index contributed by atoms with van der Waals surface area (Å²) in [5, 5.41) is 12.6. The van der Waals surface area contributed by atoms with Crippen LogP contribution in [0.25, 0.3) is 0 Å². The van der Waals surface area contributed by atoms with E-state index in [9.17, 15) is 9.90 Å². The lowest BCUT2D eigenvalue weighted by atomic mass is 10.2. The predicted molar refractivity (Wildman–Crippen MR) is 87.6 cm³/mol. The molecule has 0 heterocycles. The Bertz CT molecular complexity index is 523. The fourth-order valence-corrected chi connectivity index (χ4v) is 1.91. The fourth-order valence-electron chi connectivity index (χ4n) is 1.91. The second-order valence-electron chi connectivity index (χ2n) is 5.51.